The van der Waals surface area contributed by atoms with Crippen molar-refractivity contribution in [2.75, 3.05) is 0 Å². The Hall–Kier alpha value is -2.86. The zero-order valence-electron chi connectivity index (χ0n) is 23.6. The van der Waals surface area contributed by atoms with Crippen LogP contribution < -0.4 is 0 Å². The number of fused-ring (bicyclic) bond motifs is 2. The molecule has 0 nitrogen and oxygen atoms in total. The van der Waals surface area contributed by atoms with Crippen LogP contribution in [0, 0.1) is 50.4 Å². The summed E-state index contributed by atoms with van der Waals surface area (Å²) in [4.78, 5) is 0. The molecule has 0 N–H and O–H groups in total. The van der Waals surface area contributed by atoms with Crippen LogP contribution in [0.3, 0.4) is 0 Å². The molecule has 3 unspecified atom stereocenters. The van der Waals surface area contributed by atoms with Crippen molar-refractivity contribution in [1.82, 2.24) is 0 Å². The van der Waals surface area contributed by atoms with Crippen LogP contribution in [0.2, 0.25) is 0 Å². The number of benzene rings is 2. The summed E-state index contributed by atoms with van der Waals surface area (Å²) < 4.78 is 0. The van der Waals surface area contributed by atoms with Gasteiger partial charge in [0, 0.05) is 12.3 Å². The fourth-order valence-electron chi connectivity index (χ4n) is 7.07. The highest BCUT2D eigenvalue weighted by Crippen LogP contribution is 2.44. The Morgan fingerprint density at radius 3 is 2.42 bits per heavy atom. The Bertz CT molecular complexity index is 1420. The van der Waals surface area contributed by atoms with Crippen molar-refractivity contribution in [3.63, 3.8) is 0 Å². The molecule has 1 saturated carbocycles. The Morgan fingerprint density at radius 1 is 0.895 bits per heavy atom. The average molecular weight is 498 g/mol. The summed E-state index contributed by atoms with van der Waals surface area (Å²) in [5, 5.41) is 2.75. The standard InChI is InChI=1S/C38H41/c1-5-11-29-22-32(19-18-25(29)2)31-14-10-15-33(24-31)37-26(3)27(4)38(36-17-9-8-16-35(36)37)34-21-20-28-12-6-7-13-30(28)23-34/h8-10,14-25,30-31H,5-7,11-13H2,1-4H3. The van der Waals surface area contributed by atoms with E-state index in [4.69, 9.17) is 0 Å². The van der Waals surface area contributed by atoms with Gasteiger partial charge >= 0.3 is 0 Å². The Kier molecular flexibility index (Phi) is 7.17. The summed E-state index contributed by atoms with van der Waals surface area (Å²) in [6.07, 6.45) is 31.7. The van der Waals surface area contributed by atoms with Crippen LogP contribution in [0.25, 0.3) is 21.9 Å². The molecule has 6 rings (SSSR count). The molecular weight excluding hydrogens is 456 g/mol. The van der Waals surface area contributed by atoms with Gasteiger partial charge in [0.05, 0.1) is 0 Å². The maximum Gasteiger partial charge on any atom is 0.0265 e. The van der Waals surface area contributed by atoms with Crippen molar-refractivity contribution in [2.24, 2.45) is 17.8 Å². The second-order valence-corrected chi connectivity index (χ2v) is 11.7. The topological polar surface area (TPSA) is 0 Å². The van der Waals surface area contributed by atoms with Gasteiger partial charge in [0.25, 0.3) is 0 Å². The van der Waals surface area contributed by atoms with Gasteiger partial charge in [-0.15, -0.1) is 0 Å². The minimum atomic E-state index is 0.313. The summed E-state index contributed by atoms with van der Waals surface area (Å²) in [6.45, 7) is 9.28. The fraction of sp³-hybridized carbons (Fsp3) is 0.342. The van der Waals surface area contributed by atoms with E-state index in [-0.39, 0.29) is 0 Å². The number of allylic oxidation sites excluding steroid dienone is 12. The fourth-order valence-corrected chi connectivity index (χ4v) is 7.07. The molecular formula is C38H41. The smallest absolute Gasteiger partial charge is 0.0265 e. The molecule has 0 bridgehead atoms. The second kappa shape index (κ2) is 10.7. The lowest BCUT2D eigenvalue weighted by Gasteiger charge is -2.30. The summed E-state index contributed by atoms with van der Waals surface area (Å²) >= 11 is 0. The molecule has 4 aliphatic rings. The third kappa shape index (κ3) is 4.61. The Labute approximate surface area is 230 Å². The minimum absolute atomic E-state index is 0.313. The van der Waals surface area contributed by atoms with Gasteiger partial charge in [0.1, 0.15) is 0 Å². The molecule has 1 fully saturated rings. The second-order valence-electron chi connectivity index (χ2n) is 11.7. The maximum absolute atomic E-state index is 2.57. The van der Waals surface area contributed by atoms with Crippen molar-refractivity contribution in [3.8, 4) is 0 Å². The summed E-state index contributed by atoms with van der Waals surface area (Å²) in [6, 6.07) is 9.09. The molecule has 0 amide bonds. The van der Waals surface area contributed by atoms with E-state index in [0.717, 1.165) is 0 Å². The van der Waals surface area contributed by atoms with Crippen LogP contribution in [0.4, 0.5) is 0 Å². The van der Waals surface area contributed by atoms with Gasteiger partial charge in [-0.05, 0) is 108 Å². The molecule has 193 valence electrons. The van der Waals surface area contributed by atoms with Crippen LogP contribution >= 0.6 is 0 Å². The van der Waals surface area contributed by atoms with Gasteiger partial charge in [-0.2, -0.15) is 0 Å². The summed E-state index contributed by atoms with van der Waals surface area (Å²) in [7, 11) is 0. The molecule has 3 radical (unpaired) electrons. The monoisotopic (exact) mass is 497 g/mol. The van der Waals surface area contributed by atoms with Crippen molar-refractivity contribution in [2.45, 2.75) is 66.2 Å². The first-order chi connectivity index (χ1) is 18.5. The summed E-state index contributed by atoms with van der Waals surface area (Å²) in [5.74, 6) is 2.90. The molecule has 0 heterocycles. The van der Waals surface area contributed by atoms with Gasteiger partial charge in [0.2, 0.25) is 0 Å². The van der Waals surface area contributed by atoms with Crippen LogP contribution in [-0.2, 0) is 0 Å². The van der Waals surface area contributed by atoms with Gasteiger partial charge in [-0.25, -0.2) is 0 Å². The molecule has 2 aromatic carbocycles. The van der Waals surface area contributed by atoms with Crippen LogP contribution in [0.5, 0.6) is 0 Å². The van der Waals surface area contributed by atoms with Gasteiger partial charge in [0.15, 0.2) is 0 Å². The largest absolute Gasteiger partial charge is 0.0807 e. The molecule has 0 saturated heterocycles. The van der Waals surface area contributed by atoms with Crippen molar-refractivity contribution >= 4 is 21.9 Å². The zero-order valence-corrected chi connectivity index (χ0v) is 23.6. The van der Waals surface area contributed by atoms with Gasteiger partial charge in [-0.1, -0.05) is 111 Å². The first-order valence-corrected chi connectivity index (χ1v) is 14.8. The highest BCUT2D eigenvalue weighted by Gasteiger charge is 2.27. The number of rotatable bonds is 5. The molecule has 0 aliphatic heterocycles. The van der Waals surface area contributed by atoms with E-state index in [0.29, 0.717) is 17.8 Å². The Balaban J connectivity index is 1.42. The molecule has 3 atom stereocenters. The first kappa shape index (κ1) is 25.4. The summed E-state index contributed by atoms with van der Waals surface area (Å²) in [5.41, 5.74) is 11.6. The molecule has 38 heavy (non-hydrogen) atoms. The SMILES string of the molecule is CCCC1=C[C](C2[CH]C=CC(c3c(C)c(C)c(C4=CC5CCCCC5=C[CH]4)c4ccccc34)=C2)C=CC1C. The van der Waals surface area contributed by atoms with Crippen molar-refractivity contribution in [3.05, 3.63) is 125 Å². The lowest BCUT2D eigenvalue weighted by Crippen LogP contribution is -2.15. The highest BCUT2D eigenvalue weighted by molar-refractivity contribution is 6.05. The lowest BCUT2D eigenvalue weighted by atomic mass is 9.75. The van der Waals surface area contributed by atoms with Gasteiger partial charge < -0.3 is 0 Å². The zero-order chi connectivity index (χ0) is 26.2. The minimum Gasteiger partial charge on any atom is -0.0807 e. The van der Waals surface area contributed by atoms with E-state index in [9.17, 15) is 0 Å². The van der Waals surface area contributed by atoms with Crippen LogP contribution in [-0.4, -0.2) is 0 Å². The third-order valence-electron chi connectivity index (χ3n) is 9.31. The van der Waals surface area contributed by atoms with E-state index < -0.39 is 0 Å². The average Bonchev–Trinajstić information content (AvgIpc) is 2.95. The highest BCUT2D eigenvalue weighted by atomic mass is 14.3. The molecule has 4 aliphatic carbocycles. The first-order valence-electron chi connectivity index (χ1n) is 14.8. The van der Waals surface area contributed by atoms with Crippen molar-refractivity contribution < 1.29 is 0 Å². The normalized spacial score (nSPS) is 25.5. The predicted octanol–water partition coefficient (Wildman–Crippen LogP) is 10.5. The Morgan fingerprint density at radius 2 is 1.66 bits per heavy atom. The van der Waals surface area contributed by atoms with E-state index in [1.807, 2.05) is 0 Å². The van der Waals surface area contributed by atoms with E-state index >= 15 is 0 Å². The van der Waals surface area contributed by atoms with E-state index in [1.54, 1.807) is 11.1 Å². The quantitative estimate of drug-likeness (QED) is 0.385. The lowest BCUT2D eigenvalue weighted by molar-refractivity contribution is 0.517. The third-order valence-corrected chi connectivity index (χ3v) is 9.31. The molecule has 2 aromatic rings. The molecule has 0 spiro atoms. The van der Waals surface area contributed by atoms with E-state index in [2.05, 4.69) is 113 Å². The maximum atomic E-state index is 2.57. The van der Waals surface area contributed by atoms with E-state index in [1.165, 1.54) is 88.6 Å². The number of hydrogen-bond donors (Lipinski definition) is 0. The molecule has 0 aromatic heterocycles. The van der Waals surface area contributed by atoms with Gasteiger partial charge in [-0.3, -0.25) is 0 Å². The van der Waals surface area contributed by atoms with Crippen LogP contribution in [0.1, 0.15) is 74.6 Å². The molecule has 0 heteroatoms. The predicted molar refractivity (Wildman–Crippen MR) is 165 cm³/mol. The van der Waals surface area contributed by atoms with Crippen LogP contribution in [0.15, 0.2) is 84.0 Å². The number of hydrogen-bond acceptors (Lipinski definition) is 0. The van der Waals surface area contributed by atoms with Crippen molar-refractivity contribution in [1.29, 1.82) is 0 Å².